The van der Waals surface area contributed by atoms with Crippen LogP contribution in [0.4, 0.5) is 0 Å². The van der Waals surface area contributed by atoms with E-state index in [1.807, 2.05) is 25.6 Å². The summed E-state index contributed by atoms with van der Waals surface area (Å²) in [5.41, 5.74) is 2.04. The minimum atomic E-state index is -1.01. The van der Waals surface area contributed by atoms with Gasteiger partial charge in [0.2, 0.25) is 0 Å². The third kappa shape index (κ3) is 2.04. The maximum atomic E-state index is 11.2. The number of aryl methyl sites for hydroxylation is 1. The Bertz CT molecular complexity index is 296. The molecule has 1 rings (SSSR count). The molecular formula is C8H15N3OS. The fourth-order valence-corrected chi connectivity index (χ4v) is 2.07. The Balaban J connectivity index is 3.07. The van der Waals surface area contributed by atoms with Crippen LogP contribution < -0.4 is 5.32 Å². The van der Waals surface area contributed by atoms with E-state index in [1.165, 1.54) is 0 Å². The molecule has 0 radical (unpaired) electrons. The third-order valence-corrected chi connectivity index (χ3v) is 2.85. The molecule has 1 aromatic rings. The molecule has 0 aliphatic carbocycles. The molecular weight excluding hydrogens is 186 g/mol. The summed E-state index contributed by atoms with van der Waals surface area (Å²) in [6, 6.07) is 0. The molecule has 74 valence electrons. The molecule has 0 aliphatic heterocycles. The number of hydrogen-bond acceptors (Lipinski definition) is 3. The summed E-state index contributed by atoms with van der Waals surface area (Å²) >= 11 is -1.01. The van der Waals surface area contributed by atoms with E-state index in [1.54, 1.807) is 6.26 Å². The van der Waals surface area contributed by atoms with E-state index < -0.39 is 11.2 Å². The summed E-state index contributed by atoms with van der Waals surface area (Å²) in [5.74, 6) is 0. The second kappa shape index (κ2) is 4.13. The highest BCUT2D eigenvalue weighted by molar-refractivity contribution is 7.90. The number of nitrogens with zero attached hydrogens (tertiary/aromatic N) is 2. The predicted octanol–water partition coefficient (Wildman–Crippen LogP) is 0.185. The molecule has 1 aromatic heterocycles. The number of hydrogen-bond donors (Lipinski definition) is 1. The molecule has 1 heterocycles. The summed E-state index contributed by atoms with van der Waals surface area (Å²) < 4.78 is 13.1. The van der Waals surface area contributed by atoms with Crippen LogP contribution in [0.1, 0.15) is 11.4 Å². The van der Waals surface area contributed by atoms with Crippen LogP contribution in [0.2, 0.25) is 0 Å². The Morgan fingerprint density at radius 1 is 1.62 bits per heavy atom. The molecule has 0 aromatic carbocycles. The van der Waals surface area contributed by atoms with Gasteiger partial charge in [-0.15, -0.1) is 0 Å². The molecule has 13 heavy (non-hydrogen) atoms. The van der Waals surface area contributed by atoms with Gasteiger partial charge < -0.3 is 9.87 Å². The highest BCUT2D eigenvalue weighted by Gasteiger charge is 2.17. The van der Waals surface area contributed by atoms with Crippen molar-refractivity contribution >= 4 is 11.2 Å². The maximum Gasteiger partial charge on any atom is 0.323 e. The molecule has 0 saturated heterocycles. The van der Waals surface area contributed by atoms with Gasteiger partial charge in [-0.3, -0.25) is 4.57 Å². The van der Waals surface area contributed by atoms with E-state index in [9.17, 15) is 4.55 Å². The van der Waals surface area contributed by atoms with Crippen molar-refractivity contribution in [3.63, 3.8) is 0 Å². The van der Waals surface area contributed by atoms with Gasteiger partial charge in [0.15, 0.2) is 0 Å². The van der Waals surface area contributed by atoms with E-state index in [-0.39, 0.29) is 0 Å². The van der Waals surface area contributed by atoms with E-state index in [2.05, 4.69) is 10.3 Å². The van der Waals surface area contributed by atoms with Crippen molar-refractivity contribution in [2.45, 2.75) is 18.6 Å². The lowest BCUT2D eigenvalue weighted by Gasteiger charge is -2.05. The Hall–Kier alpha value is -0.520. The van der Waals surface area contributed by atoms with Crippen LogP contribution >= 0.6 is 0 Å². The fourth-order valence-electron chi connectivity index (χ4n) is 1.31. The summed E-state index contributed by atoms with van der Waals surface area (Å²) in [6.45, 7) is 2.69. The molecule has 1 atom stereocenters. The van der Waals surface area contributed by atoms with E-state index in [0.717, 1.165) is 17.9 Å². The van der Waals surface area contributed by atoms with Crippen molar-refractivity contribution < 1.29 is 4.55 Å². The molecule has 4 nitrogen and oxygen atoms in total. The highest BCUT2D eigenvalue weighted by Crippen LogP contribution is 2.13. The monoisotopic (exact) mass is 201 g/mol. The first-order valence-corrected chi connectivity index (χ1v) is 5.64. The highest BCUT2D eigenvalue weighted by atomic mass is 32.2. The predicted molar refractivity (Wildman–Crippen MR) is 53.0 cm³/mol. The van der Waals surface area contributed by atoms with Crippen LogP contribution in [-0.4, -0.2) is 27.4 Å². The maximum absolute atomic E-state index is 11.2. The third-order valence-electron chi connectivity index (χ3n) is 1.97. The summed E-state index contributed by atoms with van der Waals surface area (Å²) in [5, 5.41) is 3.70. The Morgan fingerprint density at radius 2 is 2.23 bits per heavy atom. The van der Waals surface area contributed by atoms with Crippen molar-refractivity contribution in [2.75, 3.05) is 13.3 Å². The van der Waals surface area contributed by atoms with Crippen molar-refractivity contribution in [1.82, 2.24) is 14.9 Å². The minimum absolute atomic E-state index is 0.641. The van der Waals surface area contributed by atoms with Crippen LogP contribution in [-0.2, 0) is 24.8 Å². The summed E-state index contributed by atoms with van der Waals surface area (Å²) in [7, 11) is 3.78. The molecule has 0 amide bonds. The van der Waals surface area contributed by atoms with Crippen LogP contribution in [0.25, 0.3) is 0 Å². The van der Waals surface area contributed by atoms with Crippen molar-refractivity contribution in [3.8, 4) is 0 Å². The van der Waals surface area contributed by atoms with Gasteiger partial charge in [-0.25, -0.2) is 0 Å². The van der Waals surface area contributed by atoms with Crippen LogP contribution in [0.3, 0.4) is 0 Å². The SMILES string of the molecule is CNCc1c(C)nc([S+](C)[O-])n1C. The van der Waals surface area contributed by atoms with Crippen molar-refractivity contribution in [2.24, 2.45) is 7.05 Å². The normalized spacial score (nSPS) is 13.3. The minimum Gasteiger partial charge on any atom is -0.609 e. The zero-order valence-corrected chi connectivity index (χ0v) is 9.23. The van der Waals surface area contributed by atoms with Gasteiger partial charge in [0.1, 0.15) is 6.26 Å². The second-order valence-electron chi connectivity index (χ2n) is 2.97. The van der Waals surface area contributed by atoms with Crippen molar-refractivity contribution in [1.29, 1.82) is 0 Å². The lowest BCUT2D eigenvalue weighted by molar-refractivity contribution is 0.579. The molecule has 5 heteroatoms. The molecule has 0 bridgehead atoms. The van der Waals surface area contributed by atoms with Gasteiger partial charge >= 0.3 is 5.16 Å². The van der Waals surface area contributed by atoms with Crippen LogP contribution in [0.5, 0.6) is 0 Å². The van der Waals surface area contributed by atoms with Gasteiger partial charge in [0.25, 0.3) is 0 Å². The first kappa shape index (κ1) is 10.6. The lowest BCUT2D eigenvalue weighted by atomic mass is 10.3. The molecule has 0 aliphatic rings. The molecule has 0 fully saturated rings. The molecule has 0 spiro atoms. The molecule has 0 saturated carbocycles. The standard InChI is InChI=1S/C8H15N3OS/c1-6-7(5-9-2)11(3)8(10-6)13(4)12/h9H,5H2,1-4H3. The van der Waals surface area contributed by atoms with Crippen molar-refractivity contribution in [3.05, 3.63) is 11.4 Å². The number of imidazole rings is 1. The van der Waals surface area contributed by atoms with E-state index in [4.69, 9.17) is 0 Å². The first-order chi connectivity index (χ1) is 6.07. The number of aromatic nitrogens is 2. The summed E-state index contributed by atoms with van der Waals surface area (Å²) in [4.78, 5) is 4.25. The van der Waals surface area contributed by atoms with Gasteiger partial charge in [-0.05, 0) is 14.0 Å². The van der Waals surface area contributed by atoms with Gasteiger partial charge in [-0.1, -0.05) is 0 Å². The topological polar surface area (TPSA) is 52.9 Å². The number of rotatable bonds is 3. The summed E-state index contributed by atoms with van der Waals surface area (Å²) in [6.07, 6.45) is 1.64. The zero-order chi connectivity index (χ0) is 10.0. The van der Waals surface area contributed by atoms with Crippen LogP contribution in [0.15, 0.2) is 5.16 Å². The average Bonchev–Trinajstić information content (AvgIpc) is 2.32. The quantitative estimate of drug-likeness (QED) is 0.710. The fraction of sp³-hybridized carbons (Fsp3) is 0.625. The largest absolute Gasteiger partial charge is 0.609 e. The van der Waals surface area contributed by atoms with Gasteiger partial charge in [-0.2, -0.15) is 4.98 Å². The zero-order valence-electron chi connectivity index (χ0n) is 8.42. The molecule has 1 N–H and O–H groups in total. The number of nitrogens with one attached hydrogen (secondary N) is 1. The molecule has 1 unspecified atom stereocenters. The Kier molecular flexibility index (Phi) is 3.35. The van der Waals surface area contributed by atoms with E-state index in [0.29, 0.717) is 5.16 Å². The second-order valence-corrected chi connectivity index (χ2v) is 4.24. The first-order valence-electron chi connectivity index (χ1n) is 4.08. The Morgan fingerprint density at radius 3 is 2.62 bits per heavy atom. The average molecular weight is 201 g/mol. The van der Waals surface area contributed by atoms with Gasteiger partial charge in [0.05, 0.1) is 11.4 Å². The van der Waals surface area contributed by atoms with E-state index >= 15 is 0 Å². The van der Waals surface area contributed by atoms with Crippen LogP contribution in [0, 0.1) is 6.92 Å². The Labute approximate surface area is 81.5 Å². The van der Waals surface area contributed by atoms with Gasteiger partial charge in [0, 0.05) is 24.8 Å². The smallest absolute Gasteiger partial charge is 0.323 e. The lowest BCUT2D eigenvalue weighted by Crippen LogP contribution is -2.13.